The maximum absolute atomic E-state index is 12.7. The van der Waals surface area contributed by atoms with Crippen molar-refractivity contribution in [2.45, 2.75) is 45.4 Å². The van der Waals surface area contributed by atoms with Gasteiger partial charge in [0.1, 0.15) is 0 Å². The first-order chi connectivity index (χ1) is 16.9. The third kappa shape index (κ3) is 6.67. The number of rotatable bonds is 6. The Hall–Kier alpha value is -3.25. The maximum Gasteiger partial charge on any atom is 0.321 e. The van der Waals surface area contributed by atoms with Crippen LogP contribution in [0.15, 0.2) is 60.2 Å². The number of anilines is 1. The molecule has 35 heavy (non-hydrogen) atoms. The predicted octanol–water partition coefficient (Wildman–Crippen LogP) is 4.88. The second kappa shape index (κ2) is 11.5. The predicted molar refractivity (Wildman–Crippen MR) is 139 cm³/mol. The zero-order valence-electron chi connectivity index (χ0n) is 20.8. The molecule has 6 heteroatoms. The highest BCUT2D eigenvalue weighted by atomic mass is 16.2. The molecule has 0 aromatic heterocycles. The van der Waals surface area contributed by atoms with Crippen molar-refractivity contribution in [3.63, 3.8) is 0 Å². The lowest BCUT2D eigenvalue weighted by atomic mass is 9.79. The minimum absolute atomic E-state index is 0.00717. The SMILES string of the molecule is Cc1ccc(NC(=O)N2CCN(CCCC=C3C(=O)CC(c4ccc(C)cc4)CC3=O)CC2)cc1. The van der Waals surface area contributed by atoms with Crippen molar-refractivity contribution in [1.82, 2.24) is 9.80 Å². The molecule has 184 valence electrons. The van der Waals surface area contributed by atoms with Gasteiger partial charge in [-0.25, -0.2) is 4.79 Å². The molecule has 1 saturated heterocycles. The number of ketones is 2. The summed E-state index contributed by atoms with van der Waals surface area (Å²) in [5.41, 5.74) is 4.62. The van der Waals surface area contributed by atoms with Crippen LogP contribution in [0.25, 0.3) is 0 Å². The van der Waals surface area contributed by atoms with Gasteiger partial charge in [0.25, 0.3) is 0 Å². The fourth-order valence-electron chi connectivity index (χ4n) is 4.77. The minimum Gasteiger partial charge on any atom is -0.322 e. The number of unbranched alkanes of at least 4 members (excludes halogenated alkanes) is 1. The number of piperazine rings is 1. The van der Waals surface area contributed by atoms with E-state index in [0.717, 1.165) is 49.3 Å². The summed E-state index contributed by atoms with van der Waals surface area (Å²) in [6.07, 6.45) is 4.28. The van der Waals surface area contributed by atoms with E-state index < -0.39 is 0 Å². The Balaban J connectivity index is 1.18. The third-order valence-electron chi connectivity index (χ3n) is 7.00. The third-order valence-corrected chi connectivity index (χ3v) is 7.00. The summed E-state index contributed by atoms with van der Waals surface area (Å²) in [6, 6.07) is 15.9. The maximum atomic E-state index is 12.7. The van der Waals surface area contributed by atoms with E-state index in [2.05, 4.69) is 10.2 Å². The van der Waals surface area contributed by atoms with Crippen LogP contribution >= 0.6 is 0 Å². The van der Waals surface area contributed by atoms with E-state index in [9.17, 15) is 14.4 Å². The number of urea groups is 1. The Morgan fingerprint density at radius 1 is 0.886 bits per heavy atom. The van der Waals surface area contributed by atoms with Crippen LogP contribution in [0.3, 0.4) is 0 Å². The first-order valence-corrected chi connectivity index (χ1v) is 12.6. The van der Waals surface area contributed by atoms with Crippen LogP contribution in [0, 0.1) is 13.8 Å². The normalized spacial score (nSPS) is 19.1. The van der Waals surface area contributed by atoms with E-state index in [1.54, 1.807) is 0 Å². The van der Waals surface area contributed by atoms with Gasteiger partial charge in [0.15, 0.2) is 11.6 Å². The van der Waals surface area contributed by atoms with E-state index >= 15 is 0 Å². The number of carbonyl (C=O) groups is 3. The summed E-state index contributed by atoms with van der Waals surface area (Å²) in [5, 5.41) is 2.96. The second-order valence-electron chi connectivity index (χ2n) is 9.75. The molecule has 1 heterocycles. The van der Waals surface area contributed by atoms with E-state index in [4.69, 9.17) is 0 Å². The van der Waals surface area contributed by atoms with Gasteiger partial charge in [-0.15, -0.1) is 0 Å². The lowest BCUT2D eigenvalue weighted by molar-refractivity contribution is -0.124. The van der Waals surface area contributed by atoms with Gasteiger partial charge in [0.2, 0.25) is 0 Å². The highest BCUT2D eigenvalue weighted by molar-refractivity contribution is 6.22. The van der Waals surface area contributed by atoms with Gasteiger partial charge >= 0.3 is 6.03 Å². The fraction of sp³-hybridized carbons (Fsp3) is 0.414. The van der Waals surface area contributed by atoms with Gasteiger partial charge in [-0.2, -0.15) is 0 Å². The number of nitrogens with zero attached hydrogens (tertiary/aromatic N) is 2. The molecule has 6 nitrogen and oxygen atoms in total. The number of hydrogen-bond donors (Lipinski definition) is 1. The first kappa shape index (κ1) is 24.9. The topological polar surface area (TPSA) is 69.7 Å². The van der Waals surface area contributed by atoms with Gasteiger partial charge in [-0.1, -0.05) is 53.6 Å². The second-order valence-corrected chi connectivity index (χ2v) is 9.75. The largest absolute Gasteiger partial charge is 0.322 e. The number of nitrogens with one attached hydrogen (secondary N) is 1. The Bertz CT molecular complexity index is 1060. The van der Waals surface area contributed by atoms with Gasteiger partial charge < -0.3 is 10.2 Å². The quantitative estimate of drug-likeness (QED) is 0.369. The van der Waals surface area contributed by atoms with E-state index in [1.165, 1.54) is 5.56 Å². The molecule has 4 rings (SSSR count). The van der Waals surface area contributed by atoms with Gasteiger partial charge in [-0.3, -0.25) is 14.5 Å². The number of amides is 2. The molecular formula is C29H35N3O3. The summed E-state index contributed by atoms with van der Waals surface area (Å²) < 4.78 is 0. The van der Waals surface area contributed by atoms with Crippen molar-refractivity contribution in [2.24, 2.45) is 0 Å². The Morgan fingerprint density at radius 3 is 2.06 bits per heavy atom. The molecule has 1 saturated carbocycles. The summed E-state index contributed by atoms with van der Waals surface area (Å²) >= 11 is 0. The molecule has 0 radical (unpaired) electrons. The summed E-state index contributed by atoms with van der Waals surface area (Å²) in [5.74, 6) is -0.0627. The van der Waals surface area contributed by atoms with Crippen LogP contribution in [0.4, 0.5) is 10.5 Å². The fourth-order valence-corrected chi connectivity index (χ4v) is 4.77. The Labute approximate surface area is 208 Å². The first-order valence-electron chi connectivity index (χ1n) is 12.6. The molecule has 0 atom stereocenters. The number of allylic oxidation sites excluding steroid dienone is 2. The van der Waals surface area contributed by atoms with Crippen molar-refractivity contribution >= 4 is 23.3 Å². The average Bonchev–Trinajstić information content (AvgIpc) is 2.85. The molecule has 0 spiro atoms. The van der Waals surface area contributed by atoms with Crippen LogP contribution in [0.1, 0.15) is 48.3 Å². The monoisotopic (exact) mass is 473 g/mol. The van der Waals surface area contributed by atoms with Gasteiger partial charge in [0.05, 0.1) is 5.57 Å². The van der Waals surface area contributed by atoms with E-state index in [1.807, 2.05) is 73.4 Å². The Kier molecular flexibility index (Phi) is 8.13. The molecule has 2 aromatic carbocycles. The number of carbonyl (C=O) groups excluding carboxylic acids is 3. The highest BCUT2D eigenvalue weighted by Crippen LogP contribution is 2.32. The lowest BCUT2D eigenvalue weighted by Gasteiger charge is -2.34. The summed E-state index contributed by atoms with van der Waals surface area (Å²) in [4.78, 5) is 42.0. The van der Waals surface area contributed by atoms with Crippen molar-refractivity contribution in [3.05, 3.63) is 76.9 Å². The van der Waals surface area contributed by atoms with Gasteiger partial charge in [0, 0.05) is 44.7 Å². The van der Waals surface area contributed by atoms with Crippen molar-refractivity contribution < 1.29 is 14.4 Å². The van der Waals surface area contributed by atoms with Gasteiger partial charge in [-0.05, 0) is 56.8 Å². The number of benzene rings is 2. The van der Waals surface area contributed by atoms with E-state index in [-0.39, 0.29) is 23.5 Å². The summed E-state index contributed by atoms with van der Waals surface area (Å²) in [6.45, 7) is 7.99. The average molecular weight is 474 g/mol. The molecule has 2 amide bonds. The van der Waals surface area contributed by atoms with Crippen molar-refractivity contribution in [1.29, 1.82) is 0 Å². The highest BCUT2D eigenvalue weighted by Gasteiger charge is 2.31. The van der Waals surface area contributed by atoms with Crippen LogP contribution in [-0.4, -0.2) is 60.1 Å². The molecule has 0 unspecified atom stereocenters. The molecule has 2 fully saturated rings. The zero-order chi connectivity index (χ0) is 24.8. The number of aryl methyl sites for hydroxylation is 2. The van der Waals surface area contributed by atoms with Crippen LogP contribution in [-0.2, 0) is 9.59 Å². The Morgan fingerprint density at radius 2 is 1.46 bits per heavy atom. The van der Waals surface area contributed by atoms with Crippen LogP contribution < -0.4 is 5.32 Å². The lowest BCUT2D eigenvalue weighted by Crippen LogP contribution is -2.50. The molecule has 1 N–H and O–H groups in total. The van der Waals surface area contributed by atoms with Crippen molar-refractivity contribution in [3.8, 4) is 0 Å². The molecule has 2 aliphatic rings. The van der Waals surface area contributed by atoms with Crippen LogP contribution in [0.2, 0.25) is 0 Å². The van der Waals surface area contributed by atoms with Crippen molar-refractivity contribution in [2.75, 3.05) is 38.0 Å². The number of hydrogen-bond acceptors (Lipinski definition) is 4. The molecule has 0 bridgehead atoms. The zero-order valence-corrected chi connectivity index (χ0v) is 20.8. The minimum atomic E-state index is -0.0588. The van der Waals surface area contributed by atoms with E-state index in [0.29, 0.717) is 31.5 Å². The standard InChI is InChI=1S/C29H35N3O3/c1-21-6-10-23(11-7-21)24-19-27(33)26(28(34)20-24)5-3-4-14-31-15-17-32(18-16-31)29(35)30-25-12-8-22(2)9-13-25/h5-13,24H,3-4,14-20H2,1-2H3,(H,30,35). The molecule has 2 aromatic rings. The number of Topliss-reactive ketones (excluding diaryl/α,β-unsaturated/α-hetero) is 2. The molecule has 1 aliphatic carbocycles. The smallest absolute Gasteiger partial charge is 0.321 e. The van der Waals surface area contributed by atoms with Crippen LogP contribution in [0.5, 0.6) is 0 Å². The summed E-state index contributed by atoms with van der Waals surface area (Å²) in [7, 11) is 0. The molecule has 1 aliphatic heterocycles. The molecular weight excluding hydrogens is 438 g/mol.